The van der Waals surface area contributed by atoms with Crippen molar-refractivity contribution >= 4 is 23.5 Å². The average molecular weight is 287 g/mol. The van der Waals surface area contributed by atoms with Gasteiger partial charge in [0.05, 0.1) is 0 Å². The van der Waals surface area contributed by atoms with Crippen LogP contribution in [0.1, 0.15) is 12.5 Å². The van der Waals surface area contributed by atoms with Crippen LogP contribution in [0.2, 0.25) is 0 Å². The first kappa shape index (κ1) is 15.0. The van der Waals surface area contributed by atoms with Crippen LogP contribution in [0.3, 0.4) is 0 Å². The Kier molecular flexibility index (Phi) is 4.54. The van der Waals surface area contributed by atoms with Gasteiger partial charge < -0.3 is 9.80 Å². The van der Waals surface area contributed by atoms with Crippen molar-refractivity contribution in [1.82, 2.24) is 15.0 Å². The quantitative estimate of drug-likeness (QED) is 0.639. The minimum atomic E-state index is 0.343. The van der Waals surface area contributed by atoms with Gasteiger partial charge in [-0.1, -0.05) is 18.2 Å². The average Bonchev–Trinajstić information content (AvgIpc) is 2.49. The second kappa shape index (κ2) is 6.36. The summed E-state index contributed by atoms with van der Waals surface area (Å²) in [6.07, 6.45) is 0. The Morgan fingerprint density at radius 1 is 1.10 bits per heavy atom. The van der Waals surface area contributed by atoms with Crippen LogP contribution >= 0.6 is 0 Å². The minimum absolute atomic E-state index is 0.343. The summed E-state index contributed by atoms with van der Waals surface area (Å²) in [5, 5.41) is 0. The summed E-state index contributed by atoms with van der Waals surface area (Å²) in [6.45, 7) is 4.86. The maximum atomic E-state index is 5.46. The first-order chi connectivity index (χ1) is 10.1. The van der Waals surface area contributed by atoms with Crippen LogP contribution in [0.15, 0.2) is 24.3 Å². The van der Waals surface area contributed by atoms with E-state index >= 15 is 0 Å². The molecule has 0 aliphatic carbocycles. The molecule has 3 N–H and O–H groups in total. The molecule has 1 aromatic carbocycles. The van der Waals surface area contributed by atoms with Crippen LogP contribution in [0, 0.1) is 6.92 Å². The monoisotopic (exact) mass is 287 g/mol. The van der Waals surface area contributed by atoms with Crippen molar-refractivity contribution in [2.24, 2.45) is 5.84 Å². The van der Waals surface area contributed by atoms with Crippen LogP contribution in [0.4, 0.5) is 23.5 Å². The molecule has 0 atom stereocenters. The molecule has 112 valence electrons. The Labute approximate surface area is 124 Å². The third-order valence-corrected chi connectivity index (χ3v) is 3.10. The number of hydrogen-bond acceptors (Lipinski definition) is 7. The predicted octanol–water partition coefficient (Wildman–Crippen LogP) is 1.69. The summed E-state index contributed by atoms with van der Waals surface area (Å²) in [7, 11) is 3.76. The highest BCUT2D eigenvalue weighted by atomic mass is 15.4. The molecule has 0 radical (unpaired) electrons. The maximum Gasteiger partial charge on any atom is 0.243 e. The highest BCUT2D eigenvalue weighted by Crippen LogP contribution is 2.26. The smallest absolute Gasteiger partial charge is 0.243 e. The Balaban J connectivity index is 2.52. The maximum absolute atomic E-state index is 5.46. The molecule has 2 aromatic rings. The van der Waals surface area contributed by atoms with E-state index in [0.717, 1.165) is 17.8 Å². The van der Waals surface area contributed by atoms with Crippen molar-refractivity contribution in [3.63, 3.8) is 0 Å². The van der Waals surface area contributed by atoms with E-state index in [1.165, 1.54) is 0 Å². The molecule has 0 spiro atoms. The molecule has 0 saturated carbocycles. The van der Waals surface area contributed by atoms with E-state index in [0.29, 0.717) is 17.8 Å². The number of aromatic nitrogens is 3. The second-order valence-corrected chi connectivity index (χ2v) is 4.83. The molecular weight excluding hydrogens is 266 g/mol. The zero-order valence-corrected chi connectivity index (χ0v) is 12.8. The summed E-state index contributed by atoms with van der Waals surface area (Å²) in [5.41, 5.74) is 4.72. The number of rotatable bonds is 5. The SMILES string of the molecule is CCN(c1nc(NN)nc(N(C)C)n1)c1ccccc1C. The van der Waals surface area contributed by atoms with Gasteiger partial charge in [0.15, 0.2) is 0 Å². The fourth-order valence-electron chi connectivity index (χ4n) is 2.02. The molecule has 1 heterocycles. The van der Waals surface area contributed by atoms with Crippen molar-refractivity contribution < 1.29 is 0 Å². The lowest BCUT2D eigenvalue weighted by Gasteiger charge is -2.24. The zero-order chi connectivity index (χ0) is 15.4. The number of anilines is 4. The second-order valence-electron chi connectivity index (χ2n) is 4.83. The summed E-state index contributed by atoms with van der Waals surface area (Å²) < 4.78 is 0. The molecule has 1 aromatic heterocycles. The zero-order valence-electron chi connectivity index (χ0n) is 12.8. The van der Waals surface area contributed by atoms with Crippen molar-refractivity contribution in [2.45, 2.75) is 13.8 Å². The van der Waals surface area contributed by atoms with E-state index in [9.17, 15) is 0 Å². The molecule has 0 unspecified atom stereocenters. The summed E-state index contributed by atoms with van der Waals surface area (Å²) in [6, 6.07) is 8.13. The standard InChI is InChI=1S/C14H21N7/c1-5-21(11-9-7-6-8-10(11)2)14-17-12(19-15)16-13(18-14)20(3)4/h6-9H,5,15H2,1-4H3,(H,16,17,18,19). The Hall–Kier alpha value is -2.41. The largest absolute Gasteiger partial charge is 0.347 e. The molecule has 7 heteroatoms. The van der Waals surface area contributed by atoms with Gasteiger partial charge in [-0.3, -0.25) is 5.43 Å². The van der Waals surface area contributed by atoms with Crippen LogP contribution in [0.25, 0.3) is 0 Å². The normalized spacial score (nSPS) is 10.3. The number of aryl methyl sites for hydroxylation is 1. The lowest BCUT2D eigenvalue weighted by atomic mass is 10.2. The van der Waals surface area contributed by atoms with Crippen molar-refractivity contribution in [3.8, 4) is 0 Å². The summed E-state index contributed by atoms with van der Waals surface area (Å²) in [5.74, 6) is 6.92. The Morgan fingerprint density at radius 2 is 1.76 bits per heavy atom. The molecule has 0 amide bonds. The van der Waals surface area contributed by atoms with Crippen molar-refractivity contribution in [3.05, 3.63) is 29.8 Å². The Morgan fingerprint density at radius 3 is 2.33 bits per heavy atom. The van der Waals surface area contributed by atoms with Crippen molar-refractivity contribution in [2.75, 3.05) is 35.9 Å². The fraction of sp³-hybridized carbons (Fsp3) is 0.357. The molecule has 2 rings (SSSR count). The van der Waals surface area contributed by atoms with Crippen molar-refractivity contribution in [1.29, 1.82) is 0 Å². The van der Waals surface area contributed by atoms with Crippen LogP contribution in [-0.2, 0) is 0 Å². The van der Waals surface area contributed by atoms with Gasteiger partial charge in [0.1, 0.15) is 0 Å². The van der Waals surface area contributed by atoms with Gasteiger partial charge >= 0.3 is 0 Å². The third-order valence-electron chi connectivity index (χ3n) is 3.10. The first-order valence-corrected chi connectivity index (χ1v) is 6.80. The molecule has 21 heavy (non-hydrogen) atoms. The topological polar surface area (TPSA) is 83.2 Å². The Bertz CT molecular complexity index is 612. The van der Waals surface area contributed by atoms with E-state index in [4.69, 9.17) is 5.84 Å². The number of nitrogens with zero attached hydrogens (tertiary/aromatic N) is 5. The predicted molar refractivity (Wildman–Crippen MR) is 85.8 cm³/mol. The number of hydrogen-bond donors (Lipinski definition) is 2. The number of nitrogens with one attached hydrogen (secondary N) is 1. The fourth-order valence-corrected chi connectivity index (χ4v) is 2.02. The highest BCUT2D eigenvalue weighted by molar-refractivity contribution is 5.62. The number of benzene rings is 1. The van der Waals surface area contributed by atoms with E-state index in [1.807, 2.05) is 42.1 Å². The molecule has 7 nitrogen and oxygen atoms in total. The van der Waals surface area contributed by atoms with E-state index in [2.05, 4.69) is 40.3 Å². The van der Waals surface area contributed by atoms with Gasteiger partial charge in [-0.05, 0) is 25.5 Å². The number of nitrogen functional groups attached to an aromatic ring is 1. The lowest BCUT2D eigenvalue weighted by Crippen LogP contribution is -2.24. The third kappa shape index (κ3) is 3.19. The van der Waals surface area contributed by atoms with Gasteiger partial charge in [0.25, 0.3) is 0 Å². The summed E-state index contributed by atoms with van der Waals surface area (Å²) in [4.78, 5) is 16.9. The molecule has 0 aliphatic rings. The van der Waals surface area contributed by atoms with Crippen LogP contribution in [0.5, 0.6) is 0 Å². The van der Waals surface area contributed by atoms with E-state index in [1.54, 1.807) is 0 Å². The van der Waals surface area contributed by atoms with E-state index in [-0.39, 0.29) is 0 Å². The van der Waals surface area contributed by atoms with Crippen LogP contribution < -0.4 is 21.1 Å². The first-order valence-electron chi connectivity index (χ1n) is 6.80. The highest BCUT2D eigenvalue weighted by Gasteiger charge is 2.16. The lowest BCUT2D eigenvalue weighted by molar-refractivity contribution is 0.892. The van der Waals surface area contributed by atoms with E-state index < -0.39 is 0 Å². The minimum Gasteiger partial charge on any atom is -0.347 e. The van der Waals surface area contributed by atoms with Gasteiger partial charge in [-0.25, -0.2) is 5.84 Å². The molecule has 0 fully saturated rings. The number of para-hydroxylation sites is 1. The molecule has 0 saturated heterocycles. The van der Waals surface area contributed by atoms with Gasteiger partial charge in [-0.2, -0.15) is 15.0 Å². The molecule has 0 aliphatic heterocycles. The van der Waals surface area contributed by atoms with Gasteiger partial charge in [0.2, 0.25) is 17.8 Å². The van der Waals surface area contributed by atoms with Crippen LogP contribution in [-0.4, -0.2) is 35.6 Å². The molecular formula is C14H21N7. The van der Waals surface area contributed by atoms with Gasteiger partial charge in [-0.15, -0.1) is 0 Å². The number of hydrazine groups is 1. The number of nitrogens with two attached hydrogens (primary N) is 1. The summed E-state index contributed by atoms with van der Waals surface area (Å²) >= 11 is 0. The van der Waals surface area contributed by atoms with Gasteiger partial charge in [0, 0.05) is 26.3 Å². The molecule has 0 bridgehead atoms.